The maximum absolute atomic E-state index is 12.9. The quantitative estimate of drug-likeness (QED) is 0.681. The molecule has 0 aliphatic rings. The van der Waals surface area contributed by atoms with E-state index in [2.05, 4.69) is 4.74 Å². The number of anilines is 1. The largest absolute Gasteiger partial charge is 0.489 e. The number of halogens is 3. The number of alkyl halides is 3. The number of esters is 1. The molecule has 0 aliphatic heterocycles. The first-order valence-corrected chi connectivity index (χ1v) is 5.42. The van der Waals surface area contributed by atoms with Gasteiger partial charge in [0.15, 0.2) is 0 Å². The van der Waals surface area contributed by atoms with Crippen molar-refractivity contribution < 1.29 is 27.4 Å². The van der Waals surface area contributed by atoms with Gasteiger partial charge < -0.3 is 15.2 Å². The molecule has 0 radical (unpaired) electrons. The second-order valence-corrected chi connectivity index (χ2v) is 4.09. The van der Waals surface area contributed by atoms with E-state index in [1.165, 1.54) is 0 Å². The van der Waals surface area contributed by atoms with E-state index in [9.17, 15) is 18.0 Å². The van der Waals surface area contributed by atoms with Gasteiger partial charge in [0.1, 0.15) is 5.75 Å². The molecule has 0 heterocycles. The topological polar surface area (TPSA) is 61.5 Å². The van der Waals surface area contributed by atoms with E-state index in [4.69, 9.17) is 10.5 Å². The lowest BCUT2D eigenvalue weighted by Crippen LogP contribution is -2.16. The molecule has 0 aromatic heterocycles. The highest BCUT2D eigenvalue weighted by atomic mass is 19.4. The Bertz CT molecular complexity index is 484. The van der Waals surface area contributed by atoms with Crippen LogP contribution in [0.2, 0.25) is 0 Å². The smallest absolute Gasteiger partial charge is 0.417 e. The number of nitrogen functional groups attached to an aromatic ring is 1. The Balaban J connectivity index is 3.41. The zero-order valence-electron chi connectivity index (χ0n) is 10.7. The third-order valence-electron chi connectivity index (χ3n) is 2.22. The number of methoxy groups -OCH3 is 1. The zero-order valence-corrected chi connectivity index (χ0v) is 10.7. The molecule has 1 aromatic rings. The van der Waals surface area contributed by atoms with Crippen LogP contribution in [0.1, 0.15) is 29.8 Å². The van der Waals surface area contributed by atoms with Crippen LogP contribution < -0.4 is 10.5 Å². The Labute approximate surface area is 108 Å². The van der Waals surface area contributed by atoms with E-state index in [-0.39, 0.29) is 17.5 Å². The summed E-state index contributed by atoms with van der Waals surface area (Å²) in [4.78, 5) is 11.3. The highest BCUT2D eigenvalue weighted by molar-refractivity contribution is 5.93. The van der Waals surface area contributed by atoms with Gasteiger partial charge in [0, 0.05) is 0 Å². The van der Waals surface area contributed by atoms with Crippen LogP contribution in [-0.4, -0.2) is 19.2 Å². The minimum absolute atomic E-state index is 0.0536. The van der Waals surface area contributed by atoms with Crippen LogP contribution in [0.25, 0.3) is 0 Å². The van der Waals surface area contributed by atoms with E-state index in [1.54, 1.807) is 13.8 Å². The van der Waals surface area contributed by atoms with Crippen molar-refractivity contribution in [2.24, 2.45) is 0 Å². The van der Waals surface area contributed by atoms with Gasteiger partial charge in [0.25, 0.3) is 0 Å². The molecule has 1 aromatic carbocycles. The Hall–Kier alpha value is -1.92. The van der Waals surface area contributed by atoms with E-state index in [0.29, 0.717) is 6.07 Å². The summed E-state index contributed by atoms with van der Waals surface area (Å²) in [6.07, 6.45) is -5.04. The number of rotatable bonds is 3. The second-order valence-electron chi connectivity index (χ2n) is 4.09. The standard InChI is InChI=1S/C12H14F3NO3/c1-6(2)19-10-5-8(12(13,14)15)7(4-9(10)16)11(17)18-3/h4-6H,16H2,1-3H3. The van der Waals surface area contributed by atoms with Crippen molar-refractivity contribution in [1.82, 2.24) is 0 Å². The maximum atomic E-state index is 12.9. The van der Waals surface area contributed by atoms with E-state index < -0.39 is 23.3 Å². The number of carbonyl (C=O) groups is 1. The fourth-order valence-corrected chi connectivity index (χ4v) is 1.47. The van der Waals surface area contributed by atoms with Gasteiger partial charge in [0.2, 0.25) is 0 Å². The predicted octanol–water partition coefficient (Wildman–Crippen LogP) is 2.86. The third kappa shape index (κ3) is 3.52. The molecular weight excluding hydrogens is 263 g/mol. The average molecular weight is 277 g/mol. The first kappa shape index (κ1) is 15.1. The third-order valence-corrected chi connectivity index (χ3v) is 2.22. The van der Waals surface area contributed by atoms with Gasteiger partial charge in [-0.2, -0.15) is 13.2 Å². The summed E-state index contributed by atoms with van der Waals surface area (Å²) in [6.45, 7) is 3.31. The number of benzene rings is 1. The van der Waals surface area contributed by atoms with Crippen molar-refractivity contribution in [2.75, 3.05) is 12.8 Å². The van der Waals surface area contributed by atoms with Crippen LogP contribution in [0.3, 0.4) is 0 Å². The summed E-state index contributed by atoms with van der Waals surface area (Å²) in [5.74, 6) is -1.22. The number of carbonyl (C=O) groups excluding carboxylic acids is 1. The van der Waals surface area contributed by atoms with Crippen LogP contribution in [-0.2, 0) is 10.9 Å². The molecule has 4 nitrogen and oxygen atoms in total. The van der Waals surface area contributed by atoms with E-state index in [1.807, 2.05) is 0 Å². The molecule has 0 atom stereocenters. The fourth-order valence-electron chi connectivity index (χ4n) is 1.47. The molecule has 0 bridgehead atoms. The second kappa shape index (κ2) is 5.38. The molecule has 0 amide bonds. The summed E-state index contributed by atoms with van der Waals surface area (Å²) < 4.78 is 48.2. The molecule has 0 unspecified atom stereocenters. The Morgan fingerprint density at radius 2 is 1.89 bits per heavy atom. The normalized spacial score (nSPS) is 11.5. The lowest BCUT2D eigenvalue weighted by atomic mass is 10.1. The molecule has 106 valence electrons. The van der Waals surface area contributed by atoms with E-state index in [0.717, 1.165) is 13.2 Å². The van der Waals surface area contributed by atoms with Crippen molar-refractivity contribution in [1.29, 1.82) is 0 Å². The van der Waals surface area contributed by atoms with Crippen molar-refractivity contribution in [3.05, 3.63) is 23.3 Å². The van der Waals surface area contributed by atoms with Gasteiger partial charge in [-0.15, -0.1) is 0 Å². The molecule has 19 heavy (non-hydrogen) atoms. The Kier molecular flexibility index (Phi) is 4.28. The van der Waals surface area contributed by atoms with Crippen molar-refractivity contribution in [3.63, 3.8) is 0 Å². The van der Waals surface area contributed by atoms with Crippen molar-refractivity contribution in [3.8, 4) is 5.75 Å². The molecule has 1 rings (SSSR count). The lowest BCUT2D eigenvalue weighted by molar-refractivity contribution is -0.138. The molecule has 0 fully saturated rings. The molecule has 0 aliphatic carbocycles. The van der Waals surface area contributed by atoms with Gasteiger partial charge in [0.05, 0.1) is 30.0 Å². The SMILES string of the molecule is COC(=O)c1cc(N)c(OC(C)C)cc1C(F)(F)F. The molecule has 7 heteroatoms. The lowest BCUT2D eigenvalue weighted by Gasteiger charge is -2.17. The van der Waals surface area contributed by atoms with Crippen LogP contribution in [0.15, 0.2) is 12.1 Å². The summed E-state index contributed by atoms with van der Waals surface area (Å²) in [7, 11) is 0.997. The van der Waals surface area contributed by atoms with Crippen LogP contribution >= 0.6 is 0 Å². The minimum atomic E-state index is -4.70. The van der Waals surface area contributed by atoms with Gasteiger partial charge in [-0.25, -0.2) is 4.79 Å². The summed E-state index contributed by atoms with van der Waals surface area (Å²) in [6, 6.07) is 1.62. The van der Waals surface area contributed by atoms with Crippen LogP contribution in [0.4, 0.5) is 18.9 Å². The summed E-state index contributed by atoms with van der Waals surface area (Å²) >= 11 is 0. The highest BCUT2D eigenvalue weighted by Gasteiger charge is 2.37. The molecule has 2 N–H and O–H groups in total. The first-order chi connectivity index (χ1) is 8.66. The minimum Gasteiger partial charge on any atom is -0.489 e. The summed E-state index contributed by atoms with van der Waals surface area (Å²) in [5.41, 5.74) is 3.75. The molecule has 0 saturated heterocycles. The number of hydrogen-bond acceptors (Lipinski definition) is 4. The summed E-state index contributed by atoms with van der Waals surface area (Å²) in [5, 5.41) is 0. The average Bonchev–Trinajstić information content (AvgIpc) is 2.28. The fraction of sp³-hybridized carbons (Fsp3) is 0.417. The monoisotopic (exact) mass is 277 g/mol. The van der Waals surface area contributed by atoms with Gasteiger partial charge in [-0.1, -0.05) is 0 Å². The molecular formula is C12H14F3NO3. The zero-order chi connectivity index (χ0) is 14.8. The van der Waals surface area contributed by atoms with Crippen LogP contribution in [0, 0.1) is 0 Å². The van der Waals surface area contributed by atoms with Gasteiger partial charge >= 0.3 is 12.1 Å². The Morgan fingerprint density at radius 3 is 2.32 bits per heavy atom. The van der Waals surface area contributed by atoms with Crippen molar-refractivity contribution >= 4 is 11.7 Å². The predicted molar refractivity (Wildman–Crippen MR) is 63.0 cm³/mol. The molecule has 0 saturated carbocycles. The number of ether oxygens (including phenoxy) is 2. The van der Waals surface area contributed by atoms with Gasteiger partial charge in [-0.3, -0.25) is 0 Å². The van der Waals surface area contributed by atoms with Crippen molar-refractivity contribution in [2.45, 2.75) is 26.1 Å². The number of hydrogen-bond donors (Lipinski definition) is 1. The molecule has 0 spiro atoms. The Morgan fingerprint density at radius 1 is 1.32 bits per heavy atom. The maximum Gasteiger partial charge on any atom is 0.417 e. The van der Waals surface area contributed by atoms with Crippen LogP contribution in [0.5, 0.6) is 5.75 Å². The number of nitrogens with two attached hydrogens (primary N) is 1. The van der Waals surface area contributed by atoms with E-state index >= 15 is 0 Å². The first-order valence-electron chi connectivity index (χ1n) is 5.42. The highest BCUT2D eigenvalue weighted by Crippen LogP contribution is 2.37. The van der Waals surface area contributed by atoms with Gasteiger partial charge in [-0.05, 0) is 26.0 Å².